The molecule has 116 valence electrons. The van der Waals surface area contributed by atoms with Gasteiger partial charge in [-0.3, -0.25) is 4.79 Å². The fourth-order valence-electron chi connectivity index (χ4n) is 3.10. The maximum atomic E-state index is 12.8. The normalized spacial score (nSPS) is 17.1. The van der Waals surface area contributed by atoms with Crippen molar-refractivity contribution in [3.63, 3.8) is 0 Å². The second-order valence-corrected chi connectivity index (χ2v) is 6.92. The Morgan fingerprint density at radius 1 is 0.952 bits per heavy atom. The largest absolute Gasteiger partial charge is 0.386 e. The average molecular weight is 289 g/mol. The molecule has 0 unspecified atom stereocenters. The number of likely N-dealkylation sites (tertiary alicyclic amines) is 1. The molecule has 0 bridgehead atoms. The summed E-state index contributed by atoms with van der Waals surface area (Å²) < 4.78 is 0. The fraction of sp³-hybridized carbons (Fsp3) is 0.611. The molecule has 1 N–H and O–H groups in total. The highest BCUT2D eigenvalue weighted by Gasteiger charge is 2.46. The monoisotopic (exact) mass is 289 g/mol. The molecule has 1 heterocycles. The van der Waals surface area contributed by atoms with Crippen LogP contribution in [-0.2, 0) is 0 Å². The number of rotatable bonds is 2. The molecule has 1 aromatic carbocycles. The van der Waals surface area contributed by atoms with Crippen LogP contribution in [0.3, 0.4) is 0 Å². The molecule has 2 rings (SSSR count). The van der Waals surface area contributed by atoms with Gasteiger partial charge in [0.2, 0.25) is 0 Å². The van der Waals surface area contributed by atoms with Crippen molar-refractivity contribution >= 4 is 5.91 Å². The van der Waals surface area contributed by atoms with Gasteiger partial charge in [0.25, 0.3) is 5.91 Å². The Hall–Kier alpha value is -1.35. The predicted molar refractivity (Wildman–Crippen MR) is 85.8 cm³/mol. The van der Waals surface area contributed by atoms with Crippen LogP contribution in [-0.4, -0.2) is 34.6 Å². The average Bonchev–Trinajstić information content (AvgIpc) is 2.39. The van der Waals surface area contributed by atoms with Crippen LogP contribution in [0.4, 0.5) is 0 Å². The van der Waals surface area contributed by atoms with E-state index >= 15 is 0 Å². The molecule has 0 aromatic heterocycles. The van der Waals surface area contributed by atoms with Crippen LogP contribution in [0.5, 0.6) is 0 Å². The van der Waals surface area contributed by atoms with E-state index in [0.29, 0.717) is 13.1 Å². The lowest BCUT2D eigenvalue weighted by Gasteiger charge is -2.49. The van der Waals surface area contributed by atoms with Crippen molar-refractivity contribution in [2.75, 3.05) is 13.1 Å². The minimum absolute atomic E-state index is 0.0570. The van der Waals surface area contributed by atoms with Crippen LogP contribution in [0.25, 0.3) is 0 Å². The molecule has 3 heteroatoms. The van der Waals surface area contributed by atoms with Crippen molar-refractivity contribution < 1.29 is 9.90 Å². The van der Waals surface area contributed by atoms with Gasteiger partial charge in [0.1, 0.15) is 5.60 Å². The summed E-state index contributed by atoms with van der Waals surface area (Å²) >= 11 is 0. The Balaban J connectivity index is 2.35. The summed E-state index contributed by atoms with van der Waals surface area (Å²) in [5.41, 5.74) is 5.90. The number of carbonyl (C=O) groups excluding carboxylic acids is 1. The van der Waals surface area contributed by atoms with Gasteiger partial charge < -0.3 is 10.0 Å². The highest BCUT2D eigenvalue weighted by Crippen LogP contribution is 2.33. The van der Waals surface area contributed by atoms with Gasteiger partial charge in [0, 0.05) is 5.56 Å². The Kier molecular flexibility index (Phi) is 3.92. The van der Waals surface area contributed by atoms with Gasteiger partial charge in [0.05, 0.1) is 13.1 Å². The van der Waals surface area contributed by atoms with Gasteiger partial charge in [0.15, 0.2) is 0 Å². The summed E-state index contributed by atoms with van der Waals surface area (Å²) in [6.45, 7) is 15.2. The van der Waals surface area contributed by atoms with E-state index in [4.69, 9.17) is 0 Å². The molecule has 1 amide bonds. The summed E-state index contributed by atoms with van der Waals surface area (Å²) in [4.78, 5) is 14.6. The first kappa shape index (κ1) is 16.0. The number of aliphatic hydroxyl groups is 1. The second-order valence-electron chi connectivity index (χ2n) is 6.92. The van der Waals surface area contributed by atoms with Crippen LogP contribution in [0.1, 0.15) is 52.0 Å². The van der Waals surface area contributed by atoms with E-state index in [9.17, 15) is 9.90 Å². The Labute approximate surface area is 128 Å². The topological polar surface area (TPSA) is 40.5 Å². The van der Waals surface area contributed by atoms with E-state index in [0.717, 1.165) is 16.7 Å². The lowest BCUT2D eigenvalue weighted by atomic mass is 9.81. The third kappa shape index (κ3) is 2.38. The molecular formula is C18H27NO2. The zero-order valence-electron chi connectivity index (χ0n) is 14.3. The van der Waals surface area contributed by atoms with Crippen LogP contribution in [0.2, 0.25) is 0 Å². The van der Waals surface area contributed by atoms with Gasteiger partial charge >= 0.3 is 0 Å². The Morgan fingerprint density at radius 2 is 1.33 bits per heavy atom. The highest BCUT2D eigenvalue weighted by molar-refractivity contribution is 5.98. The molecule has 1 aliphatic heterocycles. The van der Waals surface area contributed by atoms with Crippen LogP contribution < -0.4 is 0 Å². The summed E-state index contributed by atoms with van der Waals surface area (Å²) in [5.74, 6) is 0.228. The molecule has 1 fully saturated rings. The van der Waals surface area contributed by atoms with E-state index in [1.165, 1.54) is 16.7 Å². The van der Waals surface area contributed by atoms with E-state index < -0.39 is 5.60 Å². The van der Waals surface area contributed by atoms with E-state index in [1.807, 2.05) is 27.7 Å². The van der Waals surface area contributed by atoms with Crippen LogP contribution >= 0.6 is 0 Å². The quantitative estimate of drug-likeness (QED) is 0.909. The lowest BCUT2D eigenvalue weighted by Crippen LogP contribution is -2.66. The first-order valence-corrected chi connectivity index (χ1v) is 7.68. The standard InChI is InChI=1S/C18H27NO2/c1-10(2)18(21)8-19(9-18)17(20)16-14(6)12(4)11(3)13(5)15(16)7/h10,21H,8-9H2,1-7H3. The number of hydrogen-bond acceptors (Lipinski definition) is 2. The van der Waals surface area contributed by atoms with E-state index in [1.54, 1.807) is 4.90 Å². The molecular weight excluding hydrogens is 262 g/mol. The summed E-state index contributed by atoms with van der Waals surface area (Å²) in [5, 5.41) is 10.4. The van der Waals surface area contributed by atoms with Crippen molar-refractivity contribution in [3.8, 4) is 0 Å². The van der Waals surface area contributed by atoms with Crippen molar-refractivity contribution in [2.24, 2.45) is 5.92 Å². The van der Waals surface area contributed by atoms with E-state index in [-0.39, 0.29) is 11.8 Å². The smallest absolute Gasteiger partial charge is 0.254 e. The SMILES string of the molecule is Cc1c(C)c(C)c(C(=O)N2CC(O)(C(C)C)C2)c(C)c1C. The van der Waals surface area contributed by atoms with E-state index in [2.05, 4.69) is 20.8 Å². The number of benzene rings is 1. The van der Waals surface area contributed by atoms with Gasteiger partial charge in [-0.15, -0.1) is 0 Å². The lowest BCUT2D eigenvalue weighted by molar-refractivity contribution is -0.110. The molecule has 0 aliphatic carbocycles. The predicted octanol–water partition coefficient (Wildman–Crippen LogP) is 3.07. The molecule has 0 spiro atoms. The molecule has 21 heavy (non-hydrogen) atoms. The third-order valence-electron chi connectivity index (χ3n) is 5.51. The number of amides is 1. The molecule has 0 radical (unpaired) electrons. The molecule has 0 atom stereocenters. The summed E-state index contributed by atoms with van der Waals surface area (Å²) in [6.07, 6.45) is 0. The fourth-order valence-corrected chi connectivity index (χ4v) is 3.10. The van der Waals surface area contributed by atoms with Crippen LogP contribution in [0, 0.1) is 40.5 Å². The molecule has 1 saturated heterocycles. The van der Waals surface area contributed by atoms with Crippen molar-refractivity contribution in [1.82, 2.24) is 4.90 Å². The zero-order valence-corrected chi connectivity index (χ0v) is 14.3. The second kappa shape index (κ2) is 5.13. The first-order chi connectivity index (χ1) is 9.60. The summed E-state index contributed by atoms with van der Waals surface area (Å²) in [6, 6.07) is 0. The maximum Gasteiger partial charge on any atom is 0.254 e. The number of hydrogen-bond donors (Lipinski definition) is 1. The van der Waals surface area contributed by atoms with Crippen molar-refractivity contribution in [3.05, 3.63) is 33.4 Å². The Morgan fingerprint density at radius 3 is 1.71 bits per heavy atom. The number of β-amino-alcohol motifs (C(OH)–C–C–N with tert-alkyl or cyclic N) is 1. The minimum Gasteiger partial charge on any atom is -0.386 e. The summed E-state index contributed by atoms with van der Waals surface area (Å²) in [7, 11) is 0. The third-order valence-corrected chi connectivity index (χ3v) is 5.51. The van der Waals surface area contributed by atoms with Gasteiger partial charge in [-0.2, -0.15) is 0 Å². The Bertz CT molecular complexity index is 567. The molecule has 0 saturated carbocycles. The molecule has 1 aromatic rings. The maximum absolute atomic E-state index is 12.8. The molecule has 1 aliphatic rings. The number of carbonyl (C=O) groups is 1. The van der Waals surface area contributed by atoms with Gasteiger partial charge in [-0.25, -0.2) is 0 Å². The first-order valence-electron chi connectivity index (χ1n) is 7.68. The zero-order chi connectivity index (χ0) is 16.1. The number of nitrogens with zero attached hydrogens (tertiary/aromatic N) is 1. The highest BCUT2D eigenvalue weighted by atomic mass is 16.3. The van der Waals surface area contributed by atoms with Crippen molar-refractivity contribution in [2.45, 2.75) is 54.1 Å². The van der Waals surface area contributed by atoms with Gasteiger partial charge in [-0.05, 0) is 68.4 Å². The van der Waals surface area contributed by atoms with Crippen LogP contribution in [0.15, 0.2) is 0 Å². The minimum atomic E-state index is -0.716. The van der Waals surface area contributed by atoms with Gasteiger partial charge in [-0.1, -0.05) is 13.8 Å². The molecule has 3 nitrogen and oxygen atoms in total. The van der Waals surface area contributed by atoms with Crippen molar-refractivity contribution in [1.29, 1.82) is 0 Å².